The fourth-order valence-electron chi connectivity index (χ4n) is 3.42. The molecule has 0 bridgehead atoms. The average Bonchev–Trinajstić information content (AvgIpc) is 3.37. The molecule has 2 aromatic heterocycles. The number of alkyl halides is 3. The van der Waals surface area contributed by atoms with Crippen molar-refractivity contribution in [3.63, 3.8) is 0 Å². The topological polar surface area (TPSA) is 85.6 Å². The van der Waals surface area contributed by atoms with E-state index in [0.717, 1.165) is 21.4 Å². The number of hydrogen-bond donors (Lipinski definition) is 1. The fourth-order valence-corrected chi connectivity index (χ4v) is 6.20. The molecular weight excluding hydrogens is 479 g/mol. The van der Waals surface area contributed by atoms with Crippen LogP contribution in [0.15, 0.2) is 71.1 Å². The lowest BCUT2D eigenvalue weighted by Crippen LogP contribution is -2.17. The van der Waals surface area contributed by atoms with Gasteiger partial charge < -0.3 is 9.84 Å². The van der Waals surface area contributed by atoms with E-state index in [4.69, 9.17) is 5.11 Å². The van der Waals surface area contributed by atoms with Crippen molar-refractivity contribution >= 4 is 38.2 Å². The van der Waals surface area contributed by atoms with Crippen LogP contribution in [-0.4, -0.2) is 29.8 Å². The third kappa shape index (κ3) is 4.88. The molecule has 0 atom stereocenters. The summed E-state index contributed by atoms with van der Waals surface area (Å²) in [4.78, 5) is 11.4. The number of nitrogens with zero attached hydrogens (tertiary/aromatic N) is 1. The molecule has 4 rings (SSSR count). The molecule has 0 unspecified atom stereocenters. The maximum absolute atomic E-state index is 13.4. The van der Waals surface area contributed by atoms with Gasteiger partial charge in [0.25, 0.3) is 10.0 Å². The predicted octanol–water partition coefficient (Wildman–Crippen LogP) is 5.52. The molecule has 4 aromatic rings. The monoisotopic (exact) mass is 495 g/mol. The zero-order valence-corrected chi connectivity index (χ0v) is 18.4. The first kappa shape index (κ1) is 22.9. The highest BCUT2D eigenvalue weighted by molar-refractivity contribution is 7.92. The van der Waals surface area contributed by atoms with E-state index in [1.54, 1.807) is 30.3 Å². The van der Waals surface area contributed by atoms with Gasteiger partial charge in [0.1, 0.15) is 9.96 Å². The summed E-state index contributed by atoms with van der Waals surface area (Å²) in [6, 6.07) is 15.0. The molecule has 2 aromatic carbocycles. The summed E-state index contributed by atoms with van der Waals surface area (Å²) in [6.45, 7) is 0. The quantitative estimate of drug-likeness (QED) is 0.365. The van der Waals surface area contributed by atoms with E-state index >= 15 is 0 Å². The molecule has 1 N–H and O–H groups in total. The van der Waals surface area contributed by atoms with Gasteiger partial charge in [0.15, 0.2) is 0 Å². The maximum Gasteiger partial charge on any atom is 0.573 e. The highest BCUT2D eigenvalue weighted by Crippen LogP contribution is 2.36. The maximum atomic E-state index is 13.4. The minimum absolute atomic E-state index is 0.00909. The van der Waals surface area contributed by atoms with E-state index in [0.29, 0.717) is 26.9 Å². The Kier molecular flexibility index (Phi) is 5.93. The molecule has 172 valence electrons. The van der Waals surface area contributed by atoms with Gasteiger partial charge >= 0.3 is 12.3 Å². The van der Waals surface area contributed by atoms with Crippen molar-refractivity contribution in [1.29, 1.82) is 0 Å². The van der Waals surface area contributed by atoms with Crippen LogP contribution in [0.25, 0.3) is 21.3 Å². The van der Waals surface area contributed by atoms with E-state index < -0.39 is 28.1 Å². The minimum atomic E-state index is -4.84. The summed E-state index contributed by atoms with van der Waals surface area (Å²) in [7, 11) is -4.03. The van der Waals surface area contributed by atoms with E-state index in [1.165, 1.54) is 30.5 Å². The number of halogens is 3. The molecule has 0 aliphatic rings. The Bertz CT molecular complexity index is 1440. The number of carboxylic acids is 1. The average molecular weight is 496 g/mol. The van der Waals surface area contributed by atoms with Crippen molar-refractivity contribution in [1.82, 2.24) is 3.97 Å². The molecule has 2 heterocycles. The summed E-state index contributed by atoms with van der Waals surface area (Å²) >= 11 is 0.911. The summed E-state index contributed by atoms with van der Waals surface area (Å²) in [5.41, 5.74) is 1.38. The number of fused-ring (bicyclic) bond motifs is 1. The number of aromatic nitrogens is 1. The lowest BCUT2D eigenvalue weighted by atomic mass is 10.1. The van der Waals surface area contributed by atoms with Gasteiger partial charge in [-0.15, -0.1) is 24.5 Å². The van der Waals surface area contributed by atoms with Gasteiger partial charge in [-0.25, -0.2) is 3.97 Å². The molecule has 33 heavy (non-hydrogen) atoms. The second-order valence-electron chi connectivity index (χ2n) is 7.06. The molecule has 0 amide bonds. The third-order valence-corrected chi connectivity index (χ3v) is 8.09. The standard InChI is InChI=1S/C22H16F3NO5S2/c23-22(24,25)31-16-5-3-4-14(12-16)19-9-11-21(32-19)33(29,30)26-13-15(8-10-20(27)28)17-6-1-2-7-18(17)26/h1-7,9,11-13H,8,10H2,(H,27,28). The van der Waals surface area contributed by atoms with E-state index in [1.807, 2.05) is 0 Å². The summed E-state index contributed by atoms with van der Waals surface area (Å²) < 4.78 is 69.4. The van der Waals surface area contributed by atoms with Crippen molar-refractivity contribution in [2.24, 2.45) is 0 Å². The number of thiophene rings is 1. The number of aryl methyl sites for hydroxylation is 1. The smallest absolute Gasteiger partial charge is 0.481 e. The molecule has 0 fully saturated rings. The van der Waals surface area contributed by atoms with Gasteiger partial charge in [0, 0.05) is 22.9 Å². The number of rotatable bonds is 7. The summed E-state index contributed by atoms with van der Waals surface area (Å²) in [5, 5.41) is 9.63. The third-order valence-electron chi connectivity index (χ3n) is 4.82. The van der Waals surface area contributed by atoms with Gasteiger partial charge in [0.2, 0.25) is 0 Å². The van der Waals surface area contributed by atoms with E-state index in [2.05, 4.69) is 4.74 Å². The predicted molar refractivity (Wildman–Crippen MR) is 117 cm³/mol. The Balaban J connectivity index is 1.71. The summed E-state index contributed by atoms with van der Waals surface area (Å²) in [5.74, 6) is -1.40. The number of ether oxygens (including phenoxy) is 1. The van der Waals surface area contributed by atoms with Crippen molar-refractivity contribution in [3.05, 3.63) is 72.4 Å². The molecule has 0 saturated carbocycles. The van der Waals surface area contributed by atoms with Crippen LogP contribution in [-0.2, 0) is 21.2 Å². The lowest BCUT2D eigenvalue weighted by molar-refractivity contribution is -0.274. The molecule has 0 aliphatic carbocycles. The number of carboxylic acid groups (broad SMARTS) is 1. The van der Waals surface area contributed by atoms with Crippen LogP contribution < -0.4 is 4.74 Å². The van der Waals surface area contributed by atoms with Gasteiger partial charge in [0.05, 0.1) is 5.52 Å². The van der Waals surface area contributed by atoms with Crippen LogP contribution >= 0.6 is 11.3 Å². The Morgan fingerprint density at radius 1 is 1.06 bits per heavy atom. The Labute approximate surface area is 190 Å². The van der Waals surface area contributed by atoms with E-state index in [9.17, 15) is 26.4 Å². The molecule has 0 spiro atoms. The zero-order valence-electron chi connectivity index (χ0n) is 16.7. The first-order valence-corrected chi connectivity index (χ1v) is 11.8. The molecule has 0 aliphatic heterocycles. The highest BCUT2D eigenvalue weighted by atomic mass is 32.2. The molecule has 11 heteroatoms. The van der Waals surface area contributed by atoms with Crippen LogP contribution in [0.3, 0.4) is 0 Å². The molecular formula is C22H16F3NO5S2. The fraction of sp³-hybridized carbons (Fsp3) is 0.136. The number of benzene rings is 2. The second-order valence-corrected chi connectivity index (χ2v) is 10.2. The Hall–Kier alpha value is -3.31. The van der Waals surface area contributed by atoms with E-state index in [-0.39, 0.29) is 17.1 Å². The second kappa shape index (κ2) is 8.56. The van der Waals surface area contributed by atoms with Crippen molar-refractivity contribution in [3.8, 4) is 16.2 Å². The van der Waals surface area contributed by atoms with Crippen LogP contribution in [0, 0.1) is 0 Å². The van der Waals surface area contributed by atoms with Crippen LogP contribution in [0.4, 0.5) is 13.2 Å². The SMILES string of the molecule is O=C(O)CCc1cn(S(=O)(=O)c2ccc(-c3cccc(OC(F)(F)F)c3)s2)c2ccccc12. The van der Waals surface area contributed by atoms with Gasteiger partial charge in [-0.1, -0.05) is 30.3 Å². The van der Waals surface area contributed by atoms with Gasteiger partial charge in [-0.3, -0.25) is 4.79 Å². The lowest BCUT2D eigenvalue weighted by Gasteiger charge is -2.09. The molecule has 6 nitrogen and oxygen atoms in total. The number of aliphatic carboxylic acids is 1. The van der Waals surface area contributed by atoms with Crippen LogP contribution in [0.1, 0.15) is 12.0 Å². The number of hydrogen-bond acceptors (Lipinski definition) is 5. The van der Waals surface area contributed by atoms with Crippen molar-refractivity contribution in [2.75, 3.05) is 0 Å². The summed E-state index contributed by atoms with van der Waals surface area (Å²) in [6.07, 6.45) is -3.40. The first-order chi connectivity index (χ1) is 15.5. The normalized spacial score (nSPS) is 12.2. The first-order valence-electron chi connectivity index (χ1n) is 9.57. The zero-order chi connectivity index (χ0) is 23.8. The number of para-hydroxylation sites is 1. The van der Waals surface area contributed by atoms with Crippen molar-refractivity contribution < 1.29 is 36.2 Å². The minimum Gasteiger partial charge on any atom is -0.481 e. The number of carbonyl (C=O) groups is 1. The molecule has 0 radical (unpaired) electrons. The highest BCUT2D eigenvalue weighted by Gasteiger charge is 2.31. The Morgan fingerprint density at radius 3 is 2.55 bits per heavy atom. The molecule has 0 saturated heterocycles. The largest absolute Gasteiger partial charge is 0.573 e. The van der Waals surface area contributed by atoms with Crippen LogP contribution in [0.5, 0.6) is 5.75 Å². The van der Waals surface area contributed by atoms with Gasteiger partial charge in [-0.05, 0) is 47.9 Å². The van der Waals surface area contributed by atoms with Crippen molar-refractivity contribution in [2.45, 2.75) is 23.4 Å². The van der Waals surface area contributed by atoms with Gasteiger partial charge in [-0.2, -0.15) is 8.42 Å². The van der Waals surface area contributed by atoms with Crippen LogP contribution in [0.2, 0.25) is 0 Å². The Morgan fingerprint density at radius 2 is 1.82 bits per heavy atom.